The van der Waals surface area contributed by atoms with Crippen LogP contribution in [0.2, 0.25) is 0 Å². The van der Waals surface area contributed by atoms with Gasteiger partial charge in [0.05, 0.1) is 13.2 Å². The number of carbonyl (C=O) groups excluding carboxylic acids is 2. The Bertz CT molecular complexity index is 536. The first-order valence-corrected chi connectivity index (χ1v) is 6.71. The Kier molecular flexibility index (Phi) is 3.74. The lowest BCUT2D eigenvalue weighted by atomic mass is 9.81. The summed E-state index contributed by atoms with van der Waals surface area (Å²) in [6.45, 7) is 6.46. The number of fused-ring (bicyclic) bond motifs is 1. The maximum absolute atomic E-state index is 12.5. The number of hydrogen-bond donors (Lipinski definition) is 1. The largest absolute Gasteiger partial charge is 0.464 e. The van der Waals surface area contributed by atoms with Crippen LogP contribution in [0.25, 0.3) is 0 Å². The van der Waals surface area contributed by atoms with Gasteiger partial charge in [0.2, 0.25) is 11.3 Å². The second-order valence-electron chi connectivity index (χ2n) is 5.25. The molecule has 2 aliphatic rings. The molecule has 0 aliphatic carbocycles. The molecular weight excluding hydrogens is 258 g/mol. The van der Waals surface area contributed by atoms with Gasteiger partial charge in [0, 0.05) is 12.6 Å². The van der Waals surface area contributed by atoms with Crippen molar-refractivity contribution in [3.8, 4) is 0 Å². The zero-order valence-electron chi connectivity index (χ0n) is 12.0. The van der Waals surface area contributed by atoms with E-state index in [1.807, 2.05) is 20.8 Å². The Morgan fingerprint density at radius 1 is 1.50 bits per heavy atom. The topological polar surface area (TPSA) is 82.8 Å². The summed E-state index contributed by atoms with van der Waals surface area (Å²) in [6.07, 6.45) is 1.88. The second kappa shape index (κ2) is 5.19. The predicted molar refractivity (Wildman–Crippen MR) is 74.9 cm³/mol. The van der Waals surface area contributed by atoms with Crippen molar-refractivity contribution in [2.24, 2.45) is 5.10 Å². The molecule has 2 heterocycles. The van der Waals surface area contributed by atoms with Crippen LogP contribution in [0.3, 0.4) is 0 Å². The SMILES string of the molecule is CCCOC(=O)C12CC(C)=C(C)CN1N=C(C=N)C2=O. The highest BCUT2D eigenvalue weighted by atomic mass is 16.5. The molecule has 0 aromatic heterocycles. The van der Waals surface area contributed by atoms with Crippen LogP contribution in [0.5, 0.6) is 0 Å². The third-order valence-corrected chi connectivity index (χ3v) is 3.83. The molecule has 6 heteroatoms. The molecule has 2 rings (SSSR count). The number of nitrogens with one attached hydrogen (secondary N) is 1. The normalized spacial score (nSPS) is 25.4. The molecule has 0 radical (unpaired) electrons. The lowest BCUT2D eigenvalue weighted by Gasteiger charge is -2.38. The highest BCUT2D eigenvalue weighted by Crippen LogP contribution is 2.37. The van der Waals surface area contributed by atoms with Gasteiger partial charge in [0.25, 0.3) is 0 Å². The molecule has 0 aromatic rings. The molecular formula is C14H19N3O3. The molecule has 1 unspecified atom stereocenters. The number of nitrogens with zero attached hydrogens (tertiary/aromatic N) is 2. The molecule has 0 spiro atoms. The fourth-order valence-electron chi connectivity index (χ4n) is 2.50. The third kappa shape index (κ3) is 1.95. The lowest BCUT2D eigenvalue weighted by molar-refractivity contribution is -0.160. The van der Waals surface area contributed by atoms with E-state index in [0.717, 1.165) is 17.4 Å². The maximum atomic E-state index is 12.5. The first kappa shape index (κ1) is 14.4. The molecule has 0 aromatic carbocycles. The number of carbonyl (C=O) groups is 2. The molecule has 0 bridgehead atoms. The number of hydrazone groups is 1. The van der Waals surface area contributed by atoms with E-state index < -0.39 is 17.3 Å². The molecule has 2 aliphatic heterocycles. The summed E-state index contributed by atoms with van der Waals surface area (Å²) >= 11 is 0. The van der Waals surface area contributed by atoms with E-state index in [9.17, 15) is 9.59 Å². The van der Waals surface area contributed by atoms with Crippen molar-refractivity contribution in [2.75, 3.05) is 13.2 Å². The van der Waals surface area contributed by atoms with Crippen LogP contribution in [0.1, 0.15) is 33.6 Å². The summed E-state index contributed by atoms with van der Waals surface area (Å²) in [7, 11) is 0. The van der Waals surface area contributed by atoms with E-state index >= 15 is 0 Å². The highest BCUT2D eigenvalue weighted by Gasteiger charge is 2.58. The Morgan fingerprint density at radius 2 is 2.20 bits per heavy atom. The van der Waals surface area contributed by atoms with Gasteiger partial charge in [-0.05, 0) is 20.3 Å². The van der Waals surface area contributed by atoms with Crippen LogP contribution in [0, 0.1) is 5.41 Å². The fourth-order valence-corrected chi connectivity index (χ4v) is 2.50. The van der Waals surface area contributed by atoms with Crippen molar-refractivity contribution >= 4 is 23.7 Å². The number of hydrogen-bond acceptors (Lipinski definition) is 6. The third-order valence-electron chi connectivity index (χ3n) is 3.83. The monoisotopic (exact) mass is 277 g/mol. The molecule has 108 valence electrons. The van der Waals surface area contributed by atoms with Crippen LogP contribution < -0.4 is 0 Å². The quantitative estimate of drug-likeness (QED) is 0.363. The maximum Gasteiger partial charge on any atom is 0.342 e. The summed E-state index contributed by atoms with van der Waals surface area (Å²) in [5, 5.41) is 12.9. The van der Waals surface area contributed by atoms with E-state index in [0.29, 0.717) is 13.0 Å². The van der Waals surface area contributed by atoms with Crippen molar-refractivity contribution < 1.29 is 14.3 Å². The zero-order chi connectivity index (χ0) is 14.9. The Hall–Kier alpha value is -1.98. The van der Waals surface area contributed by atoms with Crippen LogP contribution in [0.15, 0.2) is 16.2 Å². The van der Waals surface area contributed by atoms with Gasteiger partial charge < -0.3 is 10.1 Å². The van der Waals surface area contributed by atoms with Gasteiger partial charge in [-0.1, -0.05) is 18.1 Å². The molecule has 20 heavy (non-hydrogen) atoms. The molecule has 0 amide bonds. The van der Waals surface area contributed by atoms with E-state index in [1.165, 1.54) is 5.01 Å². The first-order chi connectivity index (χ1) is 9.47. The van der Waals surface area contributed by atoms with Gasteiger partial charge in [-0.15, -0.1) is 0 Å². The molecule has 6 nitrogen and oxygen atoms in total. The molecule has 0 saturated heterocycles. The first-order valence-electron chi connectivity index (χ1n) is 6.71. The van der Waals surface area contributed by atoms with Crippen LogP contribution >= 0.6 is 0 Å². The average Bonchev–Trinajstić information content (AvgIpc) is 2.70. The Balaban J connectivity index is 2.42. The number of ether oxygens (including phenoxy) is 1. The zero-order valence-corrected chi connectivity index (χ0v) is 12.0. The van der Waals surface area contributed by atoms with Gasteiger partial charge in [-0.2, -0.15) is 5.10 Å². The summed E-state index contributed by atoms with van der Waals surface area (Å²) in [5.41, 5.74) is 0.711. The number of Topliss-reactive ketones (excluding diaryl/α,β-unsaturated/α-hetero) is 1. The summed E-state index contributed by atoms with van der Waals surface area (Å²) < 4.78 is 5.21. The number of rotatable bonds is 4. The molecule has 0 saturated carbocycles. The predicted octanol–water partition coefficient (Wildman–Crippen LogP) is 1.31. The van der Waals surface area contributed by atoms with Crippen molar-refractivity contribution in [3.05, 3.63) is 11.1 Å². The van der Waals surface area contributed by atoms with E-state index in [4.69, 9.17) is 10.1 Å². The van der Waals surface area contributed by atoms with Crippen LogP contribution in [0.4, 0.5) is 0 Å². The number of ketones is 1. The average molecular weight is 277 g/mol. The van der Waals surface area contributed by atoms with Gasteiger partial charge in [-0.25, -0.2) is 4.79 Å². The minimum Gasteiger partial charge on any atom is -0.464 e. The number of esters is 1. The minimum atomic E-state index is -1.40. The summed E-state index contributed by atoms with van der Waals surface area (Å²) in [6, 6.07) is 0. The van der Waals surface area contributed by atoms with Crippen LogP contribution in [-0.4, -0.2) is 47.4 Å². The Labute approximate surface area is 118 Å². The van der Waals surface area contributed by atoms with Gasteiger partial charge in [-0.3, -0.25) is 9.80 Å². The second-order valence-corrected chi connectivity index (χ2v) is 5.25. The standard InChI is InChI=1S/C14H19N3O3/c1-4-5-20-13(19)14-6-9(2)10(3)8-17(14)16-11(7-15)12(14)18/h7,15H,4-6,8H2,1-3H3. The van der Waals surface area contributed by atoms with E-state index in [-0.39, 0.29) is 18.7 Å². The van der Waals surface area contributed by atoms with Crippen molar-refractivity contribution in [3.63, 3.8) is 0 Å². The Morgan fingerprint density at radius 3 is 2.80 bits per heavy atom. The van der Waals surface area contributed by atoms with E-state index in [1.54, 1.807) is 0 Å². The van der Waals surface area contributed by atoms with Gasteiger partial charge >= 0.3 is 5.97 Å². The van der Waals surface area contributed by atoms with E-state index in [2.05, 4.69) is 5.10 Å². The minimum absolute atomic E-state index is 0.0148. The van der Waals surface area contributed by atoms with Crippen molar-refractivity contribution in [1.29, 1.82) is 5.41 Å². The summed E-state index contributed by atoms with van der Waals surface area (Å²) in [5.74, 6) is -0.989. The smallest absolute Gasteiger partial charge is 0.342 e. The fraction of sp³-hybridized carbons (Fsp3) is 0.571. The van der Waals surface area contributed by atoms with Crippen molar-refractivity contribution in [1.82, 2.24) is 5.01 Å². The van der Waals surface area contributed by atoms with Gasteiger partial charge in [0.1, 0.15) is 5.71 Å². The highest BCUT2D eigenvalue weighted by molar-refractivity contribution is 6.65. The van der Waals surface area contributed by atoms with Gasteiger partial charge in [0.15, 0.2) is 0 Å². The molecule has 1 N–H and O–H groups in total. The molecule has 0 fully saturated rings. The van der Waals surface area contributed by atoms with Crippen LogP contribution in [-0.2, 0) is 14.3 Å². The molecule has 1 atom stereocenters. The lowest BCUT2D eigenvalue weighted by Crippen LogP contribution is -2.59. The summed E-state index contributed by atoms with van der Waals surface area (Å²) in [4.78, 5) is 24.9. The van der Waals surface area contributed by atoms with Crippen molar-refractivity contribution in [2.45, 2.75) is 39.2 Å².